The minimum absolute atomic E-state index is 0.0193. The second kappa shape index (κ2) is 9.43. The van der Waals surface area contributed by atoms with Crippen molar-refractivity contribution in [3.05, 3.63) is 60.3 Å². The third kappa shape index (κ3) is 5.37. The molecule has 2 aromatic carbocycles. The molecule has 0 radical (unpaired) electrons. The fraction of sp³-hybridized carbons (Fsp3) is 0.318. The summed E-state index contributed by atoms with van der Waals surface area (Å²) >= 11 is 0. The standard InChI is InChI=1S/C22H23F3N2O4S/c1-3-31-21(28)14-27-19(13-20(26-27)22(23,24)25)16-10-8-15(9-11-16)17-6-5-7-18(12-17)32(29,30)4-2/h5-13,21,28H,3-4,14H2,1-2H3. The van der Waals surface area contributed by atoms with Crippen molar-refractivity contribution in [3.8, 4) is 22.4 Å². The summed E-state index contributed by atoms with van der Waals surface area (Å²) in [5.74, 6) is -0.0193. The Morgan fingerprint density at radius 1 is 1.03 bits per heavy atom. The molecule has 0 saturated heterocycles. The summed E-state index contributed by atoms with van der Waals surface area (Å²) in [6.45, 7) is 3.16. The summed E-state index contributed by atoms with van der Waals surface area (Å²) in [5, 5.41) is 13.5. The van der Waals surface area contributed by atoms with Crippen LogP contribution in [0.25, 0.3) is 22.4 Å². The average molecular weight is 468 g/mol. The lowest BCUT2D eigenvalue weighted by molar-refractivity contribution is -0.142. The number of ether oxygens (including phenoxy) is 1. The molecule has 6 nitrogen and oxygen atoms in total. The third-order valence-corrected chi connectivity index (χ3v) is 6.58. The summed E-state index contributed by atoms with van der Waals surface area (Å²) in [7, 11) is -3.37. The lowest BCUT2D eigenvalue weighted by Crippen LogP contribution is -2.21. The van der Waals surface area contributed by atoms with Crippen LogP contribution >= 0.6 is 0 Å². The van der Waals surface area contributed by atoms with Gasteiger partial charge in [-0.2, -0.15) is 18.3 Å². The maximum Gasteiger partial charge on any atom is 0.435 e. The summed E-state index contributed by atoms with van der Waals surface area (Å²) in [6.07, 6.45) is -5.94. The molecule has 0 aliphatic carbocycles. The van der Waals surface area contributed by atoms with Crippen molar-refractivity contribution in [3.63, 3.8) is 0 Å². The number of halogens is 3. The van der Waals surface area contributed by atoms with Crippen LogP contribution in [0.15, 0.2) is 59.5 Å². The first-order chi connectivity index (χ1) is 15.0. The minimum atomic E-state index is -4.64. The predicted molar refractivity (Wildman–Crippen MR) is 113 cm³/mol. The number of hydrogen-bond donors (Lipinski definition) is 1. The van der Waals surface area contributed by atoms with E-state index in [-0.39, 0.29) is 29.5 Å². The molecule has 1 atom stereocenters. The molecule has 32 heavy (non-hydrogen) atoms. The molecule has 172 valence electrons. The van der Waals surface area contributed by atoms with Gasteiger partial charge >= 0.3 is 6.18 Å². The zero-order chi connectivity index (χ0) is 23.5. The molecular formula is C22H23F3N2O4S. The van der Waals surface area contributed by atoms with Gasteiger partial charge in [-0.1, -0.05) is 43.3 Å². The van der Waals surface area contributed by atoms with Gasteiger partial charge in [0.1, 0.15) is 0 Å². The Morgan fingerprint density at radius 2 is 1.69 bits per heavy atom. The number of alkyl halides is 3. The summed E-state index contributed by atoms with van der Waals surface area (Å²) in [5.41, 5.74) is 0.932. The Bertz CT molecular complexity index is 1170. The Balaban J connectivity index is 1.97. The maximum absolute atomic E-state index is 13.2. The van der Waals surface area contributed by atoms with E-state index in [9.17, 15) is 26.7 Å². The molecule has 0 aliphatic heterocycles. The highest BCUT2D eigenvalue weighted by Gasteiger charge is 2.35. The fourth-order valence-corrected chi connectivity index (χ4v) is 4.11. The Hall–Kier alpha value is -2.69. The van der Waals surface area contributed by atoms with Crippen LogP contribution in [0.2, 0.25) is 0 Å². The first kappa shape index (κ1) is 24.0. The lowest BCUT2D eigenvalue weighted by Gasteiger charge is -2.13. The van der Waals surface area contributed by atoms with E-state index in [2.05, 4.69) is 5.10 Å². The Labute approximate surface area is 184 Å². The molecule has 0 aliphatic rings. The number of benzene rings is 2. The van der Waals surface area contributed by atoms with Crippen LogP contribution in [-0.2, 0) is 27.3 Å². The number of rotatable bonds is 8. The van der Waals surface area contributed by atoms with Crippen LogP contribution in [0.1, 0.15) is 19.5 Å². The molecule has 0 saturated carbocycles. The van der Waals surface area contributed by atoms with Crippen molar-refractivity contribution >= 4 is 9.84 Å². The Morgan fingerprint density at radius 3 is 2.28 bits per heavy atom. The van der Waals surface area contributed by atoms with E-state index >= 15 is 0 Å². The molecule has 0 bridgehead atoms. The van der Waals surface area contributed by atoms with Crippen LogP contribution in [0.4, 0.5) is 13.2 Å². The third-order valence-electron chi connectivity index (χ3n) is 4.85. The first-order valence-corrected chi connectivity index (χ1v) is 11.6. The monoisotopic (exact) mass is 468 g/mol. The summed E-state index contributed by atoms with van der Waals surface area (Å²) < 4.78 is 70.0. The van der Waals surface area contributed by atoms with Crippen molar-refractivity contribution in [2.45, 2.75) is 37.8 Å². The average Bonchev–Trinajstić information content (AvgIpc) is 3.18. The number of nitrogens with zero attached hydrogens (tertiary/aromatic N) is 2. The molecular weight excluding hydrogens is 445 g/mol. The van der Waals surface area contributed by atoms with E-state index < -0.39 is 28.0 Å². The highest BCUT2D eigenvalue weighted by Crippen LogP contribution is 2.33. The number of aromatic nitrogens is 2. The molecule has 10 heteroatoms. The van der Waals surface area contributed by atoms with E-state index in [0.717, 1.165) is 10.7 Å². The van der Waals surface area contributed by atoms with Gasteiger partial charge in [0.15, 0.2) is 21.8 Å². The molecule has 1 N–H and O–H groups in total. The molecule has 1 aromatic heterocycles. The quantitative estimate of drug-likeness (QED) is 0.496. The predicted octanol–water partition coefficient (Wildman–Crippen LogP) is 4.38. The Kier molecular flexibility index (Phi) is 7.06. The van der Waals surface area contributed by atoms with Gasteiger partial charge in [0.25, 0.3) is 0 Å². The van der Waals surface area contributed by atoms with Gasteiger partial charge in [-0.15, -0.1) is 0 Å². The van der Waals surface area contributed by atoms with Crippen LogP contribution < -0.4 is 0 Å². The van der Waals surface area contributed by atoms with E-state index in [1.54, 1.807) is 56.3 Å². The zero-order valence-electron chi connectivity index (χ0n) is 17.5. The molecule has 0 spiro atoms. The maximum atomic E-state index is 13.2. The number of sulfone groups is 1. The molecule has 0 amide bonds. The number of aliphatic hydroxyl groups excluding tert-OH is 1. The SMILES string of the molecule is CCOC(O)Cn1nc(C(F)(F)F)cc1-c1ccc(-c2cccc(S(=O)(=O)CC)c2)cc1. The number of aliphatic hydroxyl groups is 1. The van der Waals surface area contributed by atoms with E-state index in [1.165, 1.54) is 6.07 Å². The molecule has 3 aromatic rings. The smallest absolute Gasteiger partial charge is 0.366 e. The highest BCUT2D eigenvalue weighted by molar-refractivity contribution is 7.91. The van der Waals surface area contributed by atoms with Gasteiger partial charge in [0.05, 0.1) is 22.9 Å². The second-order valence-electron chi connectivity index (χ2n) is 7.01. The summed E-state index contributed by atoms with van der Waals surface area (Å²) in [6, 6.07) is 14.0. The van der Waals surface area contributed by atoms with Gasteiger partial charge in [0, 0.05) is 6.61 Å². The second-order valence-corrected chi connectivity index (χ2v) is 9.29. The van der Waals surface area contributed by atoms with Crippen molar-refractivity contribution in [1.29, 1.82) is 0 Å². The molecule has 1 unspecified atom stereocenters. The first-order valence-electron chi connectivity index (χ1n) is 9.93. The molecule has 0 fully saturated rings. The number of hydrogen-bond acceptors (Lipinski definition) is 5. The van der Waals surface area contributed by atoms with Crippen LogP contribution in [0.3, 0.4) is 0 Å². The van der Waals surface area contributed by atoms with Gasteiger partial charge in [0.2, 0.25) is 0 Å². The van der Waals surface area contributed by atoms with Crippen molar-refractivity contribution in [2.75, 3.05) is 12.4 Å². The van der Waals surface area contributed by atoms with E-state index in [4.69, 9.17) is 4.74 Å². The minimum Gasteiger partial charge on any atom is -0.366 e. The van der Waals surface area contributed by atoms with Crippen LogP contribution in [-0.4, -0.2) is 42.0 Å². The topological polar surface area (TPSA) is 81.4 Å². The summed E-state index contributed by atoms with van der Waals surface area (Å²) in [4.78, 5) is 0.208. The van der Waals surface area contributed by atoms with Gasteiger partial charge in [-0.25, -0.2) is 8.42 Å². The lowest BCUT2D eigenvalue weighted by atomic mass is 10.0. The van der Waals surface area contributed by atoms with E-state index in [0.29, 0.717) is 16.7 Å². The van der Waals surface area contributed by atoms with Crippen molar-refractivity contribution < 1.29 is 31.4 Å². The van der Waals surface area contributed by atoms with Crippen molar-refractivity contribution in [2.24, 2.45) is 0 Å². The van der Waals surface area contributed by atoms with E-state index in [1.807, 2.05) is 0 Å². The zero-order valence-corrected chi connectivity index (χ0v) is 18.3. The largest absolute Gasteiger partial charge is 0.435 e. The molecule has 3 rings (SSSR count). The van der Waals surface area contributed by atoms with Gasteiger partial charge in [-0.05, 0) is 41.8 Å². The highest BCUT2D eigenvalue weighted by atomic mass is 32.2. The normalized spacial score (nSPS) is 13.3. The van der Waals surface area contributed by atoms with Gasteiger partial charge < -0.3 is 9.84 Å². The van der Waals surface area contributed by atoms with Crippen LogP contribution in [0, 0.1) is 0 Å². The fourth-order valence-electron chi connectivity index (χ4n) is 3.19. The molecule has 1 heterocycles. The van der Waals surface area contributed by atoms with Crippen molar-refractivity contribution in [1.82, 2.24) is 9.78 Å². The van der Waals surface area contributed by atoms with Crippen LogP contribution in [0.5, 0.6) is 0 Å². The van der Waals surface area contributed by atoms with Gasteiger partial charge in [-0.3, -0.25) is 4.68 Å².